The number of ether oxygens (including phenoxy) is 1. The Morgan fingerprint density at radius 2 is 2.05 bits per heavy atom. The van der Waals surface area contributed by atoms with Gasteiger partial charge in [0.2, 0.25) is 0 Å². The van der Waals surface area contributed by atoms with Gasteiger partial charge in [-0.3, -0.25) is 4.90 Å². The highest BCUT2D eigenvalue weighted by Crippen LogP contribution is 2.19. The van der Waals surface area contributed by atoms with Crippen LogP contribution >= 0.6 is 11.3 Å². The van der Waals surface area contributed by atoms with Gasteiger partial charge in [-0.15, -0.1) is 11.3 Å². The molecule has 1 unspecified atom stereocenters. The first-order valence-electron chi connectivity index (χ1n) is 7.26. The third kappa shape index (κ3) is 4.84. The molecule has 0 saturated carbocycles. The predicted octanol–water partition coefficient (Wildman–Crippen LogP) is 3.37. The summed E-state index contributed by atoms with van der Waals surface area (Å²) >= 11 is 1.80. The highest BCUT2D eigenvalue weighted by atomic mass is 32.1. The van der Waals surface area contributed by atoms with Gasteiger partial charge in [0.15, 0.2) is 0 Å². The first-order chi connectivity index (χ1) is 10.2. The van der Waals surface area contributed by atoms with E-state index < -0.39 is 0 Å². The summed E-state index contributed by atoms with van der Waals surface area (Å²) < 4.78 is 5.42. The standard InChI is InChI=1S/C17H24N2OS/c1-14(11-18-12-16-8-6-10-21-16)19(2)13-15-7-4-5-9-17(15)20-3/h4-10,14,18H,11-13H2,1-3H3. The van der Waals surface area contributed by atoms with E-state index in [9.17, 15) is 0 Å². The number of rotatable bonds is 8. The molecule has 0 bridgehead atoms. The molecule has 21 heavy (non-hydrogen) atoms. The molecule has 0 saturated heterocycles. The van der Waals surface area contributed by atoms with Crippen molar-refractivity contribution in [1.29, 1.82) is 0 Å². The maximum atomic E-state index is 5.42. The van der Waals surface area contributed by atoms with E-state index in [1.807, 2.05) is 12.1 Å². The predicted molar refractivity (Wildman–Crippen MR) is 89.9 cm³/mol. The lowest BCUT2D eigenvalue weighted by molar-refractivity contribution is 0.239. The van der Waals surface area contributed by atoms with Crippen molar-refractivity contribution < 1.29 is 4.74 Å². The van der Waals surface area contributed by atoms with Gasteiger partial charge in [0.25, 0.3) is 0 Å². The zero-order valence-electron chi connectivity index (χ0n) is 13.0. The lowest BCUT2D eigenvalue weighted by Gasteiger charge is -2.25. The Morgan fingerprint density at radius 1 is 1.24 bits per heavy atom. The summed E-state index contributed by atoms with van der Waals surface area (Å²) in [6.07, 6.45) is 0. The Kier molecular flexibility index (Phi) is 6.23. The van der Waals surface area contributed by atoms with Crippen LogP contribution < -0.4 is 10.1 Å². The van der Waals surface area contributed by atoms with Crippen LogP contribution in [0.4, 0.5) is 0 Å². The van der Waals surface area contributed by atoms with E-state index in [0.29, 0.717) is 6.04 Å². The smallest absolute Gasteiger partial charge is 0.123 e. The maximum Gasteiger partial charge on any atom is 0.123 e. The van der Waals surface area contributed by atoms with Crippen molar-refractivity contribution in [2.24, 2.45) is 0 Å². The van der Waals surface area contributed by atoms with Crippen molar-refractivity contribution in [2.45, 2.75) is 26.1 Å². The molecule has 0 aliphatic rings. The molecule has 114 valence electrons. The molecule has 0 fully saturated rings. The summed E-state index contributed by atoms with van der Waals surface area (Å²) in [5.74, 6) is 0.961. The number of nitrogens with zero attached hydrogens (tertiary/aromatic N) is 1. The first kappa shape index (κ1) is 16.0. The normalized spacial score (nSPS) is 12.6. The monoisotopic (exact) mass is 304 g/mol. The molecule has 1 heterocycles. The molecule has 0 amide bonds. The summed E-state index contributed by atoms with van der Waals surface area (Å²) in [5.41, 5.74) is 1.23. The zero-order valence-corrected chi connectivity index (χ0v) is 13.8. The van der Waals surface area contributed by atoms with Crippen molar-refractivity contribution in [2.75, 3.05) is 20.7 Å². The third-order valence-corrected chi connectivity index (χ3v) is 4.56. The summed E-state index contributed by atoms with van der Waals surface area (Å²) in [5, 5.41) is 5.64. The lowest BCUT2D eigenvalue weighted by atomic mass is 10.1. The van der Waals surface area contributed by atoms with Gasteiger partial charge in [0, 0.05) is 36.1 Å². The van der Waals surface area contributed by atoms with Crippen LogP contribution in [0.2, 0.25) is 0 Å². The molecule has 4 heteroatoms. The topological polar surface area (TPSA) is 24.5 Å². The van der Waals surface area contributed by atoms with Gasteiger partial charge in [0.05, 0.1) is 7.11 Å². The van der Waals surface area contributed by atoms with Crippen LogP contribution in [0.3, 0.4) is 0 Å². The molecule has 1 aromatic heterocycles. The largest absolute Gasteiger partial charge is 0.496 e. The van der Waals surface area contributed by atoms with E-state index in [1.165, 1.54) is 10.4 Å². The number of methoxy groups -OCH3 is 1. The number of likely N-dealkylation sites (N-methyl/N-ethyl adjacent to an activating group) is 1. The fourth-order valence-electron chi connectivity index (χ4n) is 2.23. The van der Waals surface area contributed by atoms with Gasteiger partial charge in [-0.25, -0.2) is 0 Å². The second-order valence-electron chi connectivity index (χ2n) is 5.29. The van der Waals surface area contributed by atoms with Gasteiger partial charge >= 0.3 is 0 Å². The van der Waals surface area contributed by atoms with Crippen molar-refractivity contribution in [3.05, 3.63) is 52.2 Å². The van der Waals surface area contributed by atoms with Crippen LogP contribution in [0.25, 0.3) is 0 Å². The van der Waals surface area contributed by atoms with Crippen molar-refractivity contribution in [3.63, 3.8) is 0 Å². The van der Waals surface area contributed by atoms with Gasteiger partial charge in [-0.2, -0.15) is 0 Å². The third-order valence-electron chi connectivity index (χ3n) is 3.68. The van der Waals surface area contributed by atoms with E-state index in [2.05, 4.69) is 53.8 Å². The van der Waals surface area contributed by atoms with Crippen molar-refractivity contribution in [1.82, 2.24) is 10.2 Å². The highest BCUT2D eigenvalue weighted by molar-refractivity contribution is 7.09. The first-order valence-corrected chi connectivity index (χ1v) is 8.14. The van der Waals surface area contributed by atoms with Crippen molar-refractivity contribution >= 4 is 11.3 Å². The number of para-hydroxylation sites is 1. The van der Waals surface area contributed by atoms with Crippen LogP contribution in [-0.2, 0) is 13.1 Å². The molecule has 0 aliphatic carbocycles. The second-order valence-corrected chi connectivity index (χ2v) is 6.32. The van der Waals surface area contributed by atoms with Gasteiger partial charge in [-0.1, -0.05) is 24.3 Å². The molecular formula is C17H24N2OS. The van der Waals surface area contributed by atoms with Crippen LogP contribution in [0.15, 0.2) is 41.8 Å². The van der Waals surface area contributed by atoms with Crippen molar-refractivity contribution in [3.8, 4) is 5.75 Å². The number of thiophene rings is 1. The average molecular weight is 304 g/mol. The summed E-state index contributed by atoms with van der Waals surface area (Å²) in [6.45, 7) is 5.07. The van der Waals surface area contributed by atoms with E-state index in [4.69, 9.17) is 4.74 Å². The van der Waals surface area contributed by atoms with Crippen LogP contribution in [-0.4, -0.2) is 31.6 Å². The fraction of sp³-hybridized carbons (Fsp3) is 0.412. The Hall–Kier alpha value is -1.36. The summed E-state index contributed by atoms with van der Waals surface area (Å²) in [6, 6.07) is 12.9. The highest BCUT2D eigenvalue weighted by Gasteiger charge is 2.11. The van der Waals surface area contributed by atoms with E-state index in [1.54, 1.807) is 18.4 Å². The van der Waals surface area contributed by atoms with Gasteiger partial charge < -0.3 is 10.1 Å². The van der Waals surface area contributed by atoms with Crippen LogP contribution in [0, 0.1) is 0 Å². The minimum Gasteiger partial charge on any atom is -0.496 e. The average Bonchev–Trinajstić information content (AvgIpc) is 3.01. The molecule has 1 atom stereocenters. The maximum absolute atomic E-state index is 5.42. The Morgan fingerprint density at radius 3 is 2.76 bits per heavy atom. The Bertz CT molecular complexity index is 527. The molecule has 2 aromatic rings. The Labute approximate surface area is 131 Å². The molecule has 0 aliphatic heterocycles. The number of hydrogen-bond donors (Lipinski definition) is 1. The molecule has 3 nitrogen and oxygen atoms in total. The quantitative estimate of drug-likeness (QED) is 0.809. The molecule has 1 N–H and O–H groups in total. The van der Waals surface area contributed by atoms with E-state index >= 15 is 0 Å². The van der Waals surface area contributed by atoms with Crippen LogP contribution in [0.1, 0.15) is 17.4 Å². The molecule has 2 rings (SSSR count). The fourth-order valence-corrected chi connectivity index (χ4v) is 2.91. The number of benzene rings is 1. The SMILES string of the molecule is COc1ccccc1CN(C)C(C)CNCc1cccs1. The minimum atomic E-state index is 0.467. The van der Waals surface area contributed by atoms with E-state index in [0.717, 1.165) is 25.4 Å². The summed E-state index contributed by atoms with van der Waals surface area (Å²) in [7, 11) is 3.88. The number of nitrogens with one attached hydrogen (secondary N) is 1. The lowest BCUT2D eigenvalue weighted by Crippen LogP contribution is -2.37. The second kappa shape index (κ2) is 8.17. The summed E-state index contributed by atoms with van der Waals surface area (Å²) in [4.78, 5) is 3.73. The molecule has 1 aromatic carbocycles. The van der Waals surface area contributed by atoms with Crippen LogP contribution in [0.5, 0.6) is 5.75 Å². The van der Waals surface area contributed by atoms with Gasteiger partial charge in [0.1, 0.15) is 5.75 Å². The minimum absolute atomic E-state index is 0.467. The zero-order chi connectivity index (χ0) is 15.1. The van der Waals surface area contributed by atoms with Gasteiger partial charge in [-0.05, 0) is 31.5 Å². The Balaban J connectivity index is 1.80. The number of hydrogen-bond acceptors (Lipinski definition) is 4. The molecule has 0 radical (unpaired) electrons. The molecule has 0 spiro atoms. The molecular weight excluding hydrogens is 280 g/mol. The van der Waals surface area contributed by atoms with E-state index in [-0.39, 0.29) is 0 Å².